The third kappa shape index (κ3) is 3.73. The van der Waals surface area contributed by atoms with E-state index in [0.717, 1.165) is 51.6 Å². The molecule has 4 fully saturated rings. The summed E-state index contributed by atoms with van der Waals surface area (Å²) < 4.78 is 11.7. The van der Waals surface area contributed by atoms with Gasteiger partial charge in [-0.2, -0.15) is 0 Å². The molecule has 2 bridgehead atoms. The number of piperidine rings is 3. The van der Waals surface area contributed by atoms with Crippen LogP contribution in [0.1, 0.15) is 55.8 Å². The molecule has 2 unspecified atom stereocenters. The van der Waals surface area contributed by atoms with Crippen LogP contribution in [0, 0.1) is 11.8 Å². The van der Waals surface area contributed by atoms with Crippen molar-refractivity contribution in [3.05, 3.63) is 48.4 Å². The molecule has 4 aliphatic rings. The Kier molecular flexibility index (Phi) is 5.70. The number of hydrogen-bond donors (Lipinski definition) is 2. The number of hydrogen-bond acceptors (Lipinski definition) is 7. The van der Waals surface area contributed by atoms with Crippen molar-refractivity contribution in [2.75, 3.05) is 19.6 Å². The summed E-state index contributed by atoms with van der Waals surface area (Å²) in [5, 5.41) is 11.6. The molecule has 3 saturated heterocycles. The Morgan fingerprint density at radius 2 is 1.97 bits per heavy atom. The average Bonchev–Trinajstić information content (AvgIpc) is 3.55. The predicted octanol–water partition coefficient (Wildman–Crippen LogP) is 1.83. The van der Waals surface area contributed by atoms with Gasteiger partial charge in [-0.1, -0.05) is 12.8 Å². The molecule has 176 valence electrons. The van der Waals surface area contributed by atoms with Crippen LogP contribution >= 0.6 is 0 Å². The van der Waals surface area contributed by atoms with Crippen LogP contribution in [0.5, 0.6) is 0 Å². The van der Waals surface area contributed by atoms with E-state index in [9.17, 15) is 14.7 Å². The number of aliphatic hydroxyl groups is 1. The molecule has 3 aliphatic heterocycles. The van der Waals surface area contributed by atoms with Gasteiger partial charge in [0.05, 0.1) is 25.6 Å². The van der Waals surface area contributed by atoms with Crippen molar-refractivity contribution in [3.8, 4) is 0 Å². The average molecular weight is 456 g/mol. The molecule has 2 aromatic rings. The number of aromatic nitrogens is 2. The SMILES string of the molecule is NC(=O)C(c1ccncn1)[N+]12CCC(CC1)[C@@H](OC(=O)C(O)(c1ccoc1)C1CCCC1)C2. The Labute approximate surface area is 192 Å². The van der Waals surface area contributed by atoms with E-state index in [4.69, 9.17) is 14.9 Å². The quantitative estimate of drug-likeness (QED) is 0.481. The fourth-order valence-corrected chi connectivity index (χ4v) is 6.39. The normalized spacial score (nSPS) is 30.0. The van der Waals surface area contributed by atoms with Crippen molar-refractivity contribution in [1.29, 1.82) is 0 Å². The molecule has 2 aromatic heterocycles. The van der Waals surface area contributed by atoms with E-state index >= 15 is 0 Å². The summed E-state index contributed by atoms with van der Waals surface area (Å²) in [5.74, 6) is -1.07. The van der Waals surface area contributed by atoms with Gasteiger partial charge in [0.25, 0.3) is 5.91 Å². The predicted molar refractivity (Wildman–Crippen MR) is 116 cm³/mol. The van der Waals surface area contributed by atoms with Crippen molar-refractivity contribution in [2.24, 2.45) is 17.6 Å². The third-order valence-electron chi connectivity index (χ3n) is 8.14. The summed E-state index contributed by atoms with van der Waals surface area (Å²) in [5.41, 5.74) is 5.17. The molecule has 1 aliphatic carbocycles. The summed E-state index contributed by atoms with van der Waals surface area (Å²) in [6, 6.07) is 2.74. The lowest BCUT2D eigenvalue weighted by Gasteiger charge is -2.54. The maximum atomic E-state index is 13.5. The maximum absolute atomic E-state index is 13.5. The van der Waals surface area contributed by atoms with E-state index in [2.05, 4.69) is 9.97 Å². The molecule has 33 heavy (non-hydrogen) atoms. The highest BCUT2D eigenvalue weighted by Gasteiger charge is 2.56. The number of esters is 1. The van der Waals surface area contributed by atoms with Crippen molar-refractivity contribution in [1.82, 2.24) is 9.97 Å². The molecular weight excluding hydrogens is 424 g/mol. The van der Waals surface area contributed by atoms with E-state index in [0.29, 0.717) is 22.3 Å². The van der Waals surface area contributed by atoms with E-state index in [1.165, 1.54) is 18.9 Å². The maximum Gasteiger partial charge on any atom is 0.343 e. The number of primary amides is 1. The highest BCUT2D eigenvalue weighted by atomic mass is 16.6. The summed E-state index contributed by atoms with van der Waals surface area (Å²) >= 11 is 0. The topological polar surface area (TPSA) is 129 Å². The molecule has 9 nitrogen and oxygen atoms in total. The monoisotopic (exact) mass is 455 g/mol. The lowest BCUT2D eigenvalue weighted by atomic mass is 9.79. The number of amides is 1. The fraction of sp³-hybridized carbons (Fsp3) is 0.583. The largest absolute Gasteiger partial charge is 0.472 e. The van der Waals surface area contributed by atoms with Crippen LogP contribution in [0.2, 0.25) is 0 Å². The van der Waals surface area contributed by atoms with Crippen LogP contribution in [0.3, 0.4) is 0 Å². The summed E-state index contributed by atoms with van der Waals surface area (Å²) in [6.45, 7) is 2.01. The second-order valence-corrected chi connectivity index (χ2v) is 9.83. The molecule has 0 radical (unpaired) electrons. The Bertz CT molecular complexity index is 984. The van der Waals surface area contributed by atoms with E-state index in [1.54, 1.807) is 18.3 Å². The molecule has 0 spiro atoms. The summed E-state index contributed by atoms with van der Waals surface area (Å²) in [6.07, 6.45) is 10.7. The zero-order valence-electron chi connectivity index (χ0n) is 18.6. The molecule has 6 rings (SSSR count). The molecule has 9 heteroatoms. The van der Waals surface area contributed by atoms with Gasteiger partial charge in [-0.3, -0.25) is 4.79 Å². The molecule has 1 saturated carbocycles. The first kappa shape index (κ1) is 22.0. The van der Waals surface area contributed by atoms with Gasteiger partial charge in [0, 0.05) is 36.4 Å². The third-order valence-corrected chi connectivity index (χ3v) is 8.14. The first-order chi connectivity index (χ1) is 15.9. The number of fused-ring (bicyclic) bond motifs is 3. The van der Waals surface area contributed by atoms with Gasteiger partial charge in [-0.05, 0) is 25.0 Å². The highest BCUT2D eigenvalue weighted by Crippen LogP contribution is 2.45. The number of nitrogens with zero attached hydrogens (tertiary/aromatic N) is 3. The van der Waals surface area contributed by atoms with E-state index in [-0.39, 0.29) is 11.8 Å². The van der Waals surface area contributed by atoms with Gasteiger partial charge < -0.3 is 24.5 Å². The Morgan fingerprint density at radius 3 is 2.58 bits per heavy atom. The minimum absolute atomic E-state index is 0.199. The van der Waals surface area contributed by atoms with Crippen molar-refractivity contribution >= 4 is 11.9 Å². The second kappa shape index (κ2) is 8.53. The van der Waals surface area contributed by atoms with Crippen molar-refractivity contribution in [2.45, 2.75) is 56.3 Å². The van der Waals surface area contributed by atoms with Gasteiger partial charge >= 0.3 is 5.97 Å². The standard InChI is InChI=1S/C24H30N4O5/c25-22(29)21(19-5-9-26-15-27-19)28-10-6-16(7-11-28)20(13-28)33-23(30)24(31,17-3-1-2-4-17)18-8-12-32-14-18/h5,8-9,12,14-17,20-21,31H,1-4,6-7,10-11,13H2,(H-,25,29)/p+1/t16?,20-,21?,24?,28?/m0/s1. The minimum Gasteiger partial charge on any atom is -0.472 e. The Hall–Kier alpha value is -2.78. The minimum atomic E-state index is -1.73. The van der Waals surface area contributed by atoms with Crippen molar-refractivity contribution < 1.29 is 28.3 Å². The van der Waals surface area contributed by atoms with Gasteiger partial charge in [-0.15, -0.1) is 0 Å². The lowest BCUT2D eigenvalue weighted by Crippen LogP contribution is -2.67. The molecule has 0 aromatic carbocycles. The molecule has 1 amide bonds. The van der Waals surface area contributed by atoms with Crippen molar-refractivity contribution in [3.63, 3.8) is 0 Å². The zero-order valence-corrected chi connectivity index (χ0v) is 18.6. The zero-order chi connectivity index (χ0) is 23.1. The van der Waals surface area contributed by atoms with E-state index < -0.39 is 29.6 Å². The highest BCUT2D eigenvalue weighted by molar-refractivity contribution is 5.82. The van der Waals surface area contributed by atoms with Crippen LogP contribution in [0.15, 0.2) is 41.6 Å². The summed E-state index contributed by atoms with van der Waals surface area (Å²) in [7, 11) is 0. The second-order valence-electron chi connectivity index (χ2n) is 9.83. The first-order valence-corrected chi connectivity index (χ1v) is 11.8. The van der Waals surface area contributed by atoms with Crippen LogP contribution < -0.4 is 5.73 Å². The molecule has 5 heterocycles. The number of nitrogens with two attached hydrogens (primary N) is 1. The number of rotatable bonds is 7. The van der Waals surface area contributed by atoms with Crippen LogP contribution in [-0.4, -0.2) is 57.2 Å². The molecule has 3 atom stereocenters. The molecule has 3 N–H and O–H groups in total. The smallest absolute Gasteiger partial charge is 0.343 e. The number of quaternary nitrogens is 1. The number of ether oxygens (including phenoxy) is 1. The van der Waals surface area contributed by atoms with Crippen LogP contribution in [0.4, 0.5) is 0 Å². The fourth-order valence-electron chi connectivity index (χ4n) is 6.39. The van der Waals surface area contributed by atoms with Gasteiger partial charge in [0.15, 0.2) is 11.7 Å². The van der Waals surface area contributed by atoms with Gasteiger partial charge in [-0.25, -0.2) is 14.8 Å². The number of carbonyl (C=O) groups excluding carboxylic acids is 2. The van der Waals surface area contributed by atoms with Crippen LogP contribution in [-0.2, 0) is 19.9 Å². The first-order valence-electron chi connectivity index (χ1n) is 11.8. The van der Waals surface area contributed by atoms with Gasteiger partial charge in [0.2, 0.25) is 6.04 Å². The van der Waals surface area contributed by atoms with Crippen LogP contribution in [0.25, 0.3) is 0 Å². The lowest BCUT2D eigenvalue weighted by molar-refractivity contribution is -0.965. The number of furan rings is 1. The van der Waals surface area contributed by atoms with E-state index in [1.807, 2.05) is 0 Å². The Morgan fingerprint density at radius 1 is 1.21 bits per heavy atom. The number of carbonyl (C=O) groups is 2. The van der Waals surface area contributed by atoms with Gasteiger partial charge in [0.1, 0.15) is 18.6 Å². The Balaban J connectivity index is 1.41. The summed E-state index contributed by atoms with van der Waals surface area (Å²) in [4.78, 5) is 34.4. The molecular formula is C24H31N4O5+.